The Labute approximate surface area is 274 Å². The molecule has 0 fully saturated rings. The second-order valence-corrected chi connectivity index (χ2v) is 13.7. The van der Waals surface area contributed by atoms with E-state index in [1.807, 2.05) is 0 Å². The summed E-state index contributed by atoms with van der Waals surface area (Å²) in [6.45, 7) is 4.83. The van der Waals surface area contributed by atoms with E-state index in [4.69, 9.17) is 0 Å². The van der Waals surface area contributed by atoms with Gasteiger partial charge in [0.2, 0.25) is 0 Å². The number of rotatable bonds is 3. The van der Waals surface area contributed by atoms with E-state index in [0.29, 0.717) is 0 Å². The number of hydrogen-bond donors (Lipinski definition) is 0. The summed E-state index contributed by atoms with van der Waals surface area (Å²) in [7, 11) is 0. The minimum absolute atomic E-state index is 0.0272. The summed E-state index contributed by atoms with van der Waals surface area (Å²) in [4.78, 5) is 0. The number of hydrogen-bond acceptors (Lipinski definition) is 0. The molecule has 2 heteroatoms. The van der Waals surface area contributed by atoms with Gasteiger partial charge in [-0.15, -0.1) is 0 Å². The van der Waals surface area contributed by atoms with Crippen LogP contribution in [0.3, 0.4) is 0 Å². The lowest BCUT2D eigenvalue weighted by Gasteiger charge is -2.25. The third-order valence-corrected chi connectivity index (χ3v) is 10.8. The van der Waals surface area contributed by atoms with Crippen molar-refractivity contribution in [1.82, 2.24) is 9.13 Å². The molecule has 0 radical (unpaired) electrons. The molecule has 0 spiro atoms. The van der Waals surface area contributed by atoms with Gasteiger partial charge in [0.05, 0.1) is 22.1 Å². The van der Waals surface area contributed by atoms with Crippen LogP contribution in [-0.2, 0) is 5.41 Å². The summed E-state index contributed by atoms with van der Waals surface area (Å²) in [6, 6.07) is 49.4. The lowest BCUT2D eigenvalue weighted by molar-refractivity contribution is 0.608. The summed E-state index contributed by atoms with van der Waals surface area (Å²) >= 11 is 0. The zero-order chi connectivity index (χ0) is 31.3. The number of fused-ring (bicyclic) bond motifs is 8. The first-order valence-electron chi connectivity index (χ1n) is 16.8. The van der Waals surface area contributed by atoms with Crippen LogP contribution in [0.25, 0.3) is 71.7 Å². The fourth-order valence-electron chi connectivity index (χ4n) is 8.57. The molecule has 2 aromatic heterocycles. The summed E-state index contributed by atoms with van der Waals surface area (Å²) in [5.41, 5.74) is 15.7. The molecule has 2 heterocycles. The topological polar surface area (TPSA) is 9.86 Å². The minimum Gasteiger partial charge on any atom is -0.309 e. The first-order chi connectivity index (χ1) is 23.1. The maximum atomic E-state index is 2.49. The molecule has 2 aliphatic carbocycles. The van der Waals surface area contributed by atoms with Crippen LogP contribution in [0.1, 0.15) is 37.8 Å². The summed E-state index contributed by atoms with van der Waals surface area (Å²) in [6.07, 6.45) is 7.00. The van der Waals surface area contributed by atoms with Crippen LogP contribution in [0.15, 0.2) is 151 Å². The van der Waals surface area contributed by atoms with Gasteiger partial charge in [-0.25, -0.2) is 0 Å². The Hall–Kier alpha value is -5.60. The molecular weight excluding hydrogens is 569 g/mol. The van der Waals surface area contributed by atoms with Gasteiger partial charge in [0, 0.05) is 38.3 Å². The van der Waals surface area contributed by atoms with Gasteiger partial charge in [0.25, 0.3) is 0 Å². The quantitative estimate of drug-likeness (QED) is 0.190. The van der Waals surface area contributed by atoms with E-state index in [-0.39, 0.29) is 5.41 Å². The second-order valence-electron chi connectivity index (χ2n) is 13.7. The molecular formula is C45H34N2. The van der Waals surface area contributed by atoms with Crippen molar-refractivity contribution in [3.05, 3.63) is 162 Å². The van der Waals surface area contributed by atoms with Crippen LogP contribution >= 0.6 is 0 Å². The van der Waals surface area contributed by atoms with Gasteiger partial charge in [0.15, 0.2) is 0 Å². The number of allylic oxidation sites excluding steroid dienone is 4. The smallest absolute Gasteiger partial charge is 0.0547 e. The van der Waals surface area contributed by atoms with E-state index in [1.54, 1.807) is 5.57 Å². The van der Waals surface area contributed by atoms with E-state index in [9.17, 15) is 0 Å². The van der Waals surface area contributed by atoms with Crippen LogP contribution < -0.4 is 0 Å². The van der Waals surface area contributed by atoms with Gasteiger partial charge in [-0.05, 0) is 101 Å². The van der Waals surface area contributed by atoms with Crippen molar-refractivity contribution in [1.29, 1.82) is 0 Å². The fraction of sp³-hybridized carbons (Fsp3) is 0.111. The molecule has 0 unspecified atom stereocenters. The highest BCUT2D eigenvalue weighted by Crippen LogP contribution is 2.52. The molecule has 0 atom stereocenters. The normalized spacial score (nSPS) is 15.3. The predicted octanol–water partition coefficient (Wildman–Crippen LogP) is 11.9. The maximum absolute atomic E-state index is 2.49. The van der Waals surface area contributed by atoms with E-state index < -0.39 is 0 Å². The number of para-hydroxylation sites is 3. The third-order valence-electron chi connectivity index (χ3n) is 10.8. The van der Waals surface area contributed by atoms with Gasteiger partial charge in [-0.1, -0.05) is 104 Å². The Morgan fingerprint density at radius 3 is 1.87 bits per heavy atom. The molecule has 0 saturated carbocycles. The highest BCUT2D eigenvalue weighted by Gasteiger charge is 2.38. The van der Waals surface area contributed by atoms with E-state index >= 15 is 0 Å². The van der Waals surface area contributed by atoms with Gasteiger partial charge in [-0.3, -0.25) is 0 Å². The van der Waals surface area contributed by atoms with Gasteiger partial charge < -0.3 is 9.13 Å². The monoisotopic (exact) mass is 602 g/mol. The largest absolute Gasteiger partial charge is 0.309 e. The van der Waals surface area contributed by atoms with E-state index in [0.717, 1.165) is 12.8 Å². The number of aromatic nitrogens is 2. The Morgan fingerprint density at radius 2 is 1.11 bits per heavy atom. The van der Waals surface area contributed by atoms with Crippen LogP contribution in [0.5, 0.6) is 0 Å². The highest BCUT2D eigenvalue weighted by atomic mass is 15.0. The fourth-order valence-corrected chi connectivity index (χ4v) is 8.57. The van der Waals surface area contributed by atoms with Crippen molar-refractivity contribution in [2.24, 2.45) is 0 Å². The van der Waals surface area contributed by atoms with E-state index in [2.05, 4.69) is 169 Å². The standard InChI is InChI=1S/C45H34N2/c1-45(2)39-19-11-9-17-33(39)36-27-38-37-25-29(22-24-42(37)47(44(38)28-40(36)45)32-15-7-4-8-16-32)30-21-23-35-34-18-10-12-20-41(34)46(43(35)26-30)31-13-5-3-6-14-31/h3-10,12-18,20-28H,11,19H2,1-2H3. The van der Waals surface area contributed by atoms with Crippen molar-refractivity contribution in [3.8, 4) is 22.5 Å². The van der Waals surface area contributed by atoms with Crippen molar-refractivity contribution in [2.75, 3.05) is 0 Å². The minimum atomic E-state index is 0.0272. The van der Waals surface area contributed by atoms with Gasteiger partial charge in [-0.2, -0.15) is 0 Å². The summed E-state index contributed by atoms with van der Waals surface area (Å²) in [5, 5.41) is 5.16. The molecule has 47 heavy (non-hydrogen) atoms. The summed E-state index contributed by atoms with van der Waals surface area (Å²) < 4.78 is 4.87. The molecule has 2 nitrogen and oxygen atoms in total. The average Bonchev–Trinajstić information content (AvgIpc) is 3.71. The van der Waals surface area contributed by atoms with Crippen molar-refractivity contribution < 1.29 is 0 Å². The number of nitrogens with zero attached hydrogens (tertiary/aromatic N) is 2. The molecule has 0 N–H and O–H groups in total. The lowest BCUT2D eigenvalue weighted by Crippen LogP contribution is -2.17. The molecule has 6 aromatic carbocycles. The predicted molar refractivity (Wildman–Crippen MR) is 199 cm³/mol. The highest BCUT2D eigenvalue weighted by molar-refractivity contribution is 6.13. The molecule has 0 bridgehead atoms. The maximum Gasteiger partial charge on any atom is 0.0547 e. The Kier molecular flexibility index (Phi) is 5.49. The zero-order valence-corrected chi connectivity index (χ0v) is 26.7. The number of benzene rings is 6. The molecule has 2 aliphatic rings. The zero-order valence-electron chi connectivity index (χ0n) is 26.7. The SMILES string of the molecule is CC1(C)C2=C(C=CCC2)c2cc3c4cc(-c5ccc6c7ccccc7n(-c7ccccc7)c6c5)ccc4n(-c4ccccc4)c3cc21. The van der Waals surface area contributed by atoms with E-state index in [1.165, 1.54) is 82.8 Å². The van der Waals surface area contributed by atoms with Gasteiger partial charge in [0.1, 0.15) is 0 Å². The Morgan fingerprint density at radius 1 is 0.511 bits per heavy atom. The van der Waals surface area contributed by atoms with Gasteiger partial charge >= 0.3 is 0 Å². The first kappa shape index (κ1) is 26.6. The third kappa shape index (κ3) is 3.73. The molecule has 0 aliphatic heterocycles. The second kappa shape index (κ2) is 9.70. The first-order valence-corrected chi connectivity index (χ1v) is 16.8. The van der Waals surface area contributed by atoms with Crippen LogP contribution in [0, 0.1) is 0 Å². The molecule has 10 rings (SSSR count). The van der Waals surface area contributed by atoms with Crippen LogP contribution in [0.2, 0.25) is 0 Å². The molecule has 0 saturated heterocycles. The molecule has 0 amide bonds. The summed E-state index contributed by atoms with van der Waals surface area (Å²) in [5.74, 6) is 0. The van der Waals surface area contributed by atoms with Crippen molar-refractivity contribution in [3.63, 3.8) is 0 Å². The average molecular weight is 603 g/mol. The Bertz CT molecular complexity index is 2620. The van der Waals surface area contributed by atoms with Crippen molar-refractivity contribution in [2.45, 2.75) is 32.1 Å². The Balaban J connectivity index is 1.24. The van der Waals surface area contributed by atoms with Crippen LogP contribution in [-0.4, -0.2) is 9.13 Å². The lowest BCUT2D eigenvalue weighted by atomic mass is 9.78. The van der Waals surface area contributed by atoms with Crippen molar-refractivity contribution >= 4 is 49.2 Å². The molecule has 8 aromatic rings. The molecule has 224 valence electrons. The van der Waals surface area contributed by atoms with Crippen LogP contribution in [0.4, 0.5) is 0 Å².